The summed E-state index contributed by atoms with van der Waals surface area (Å²) in [6.45, 7) is 1.61. The van der Waals surface area contributed by atoms with Crippen LogP contribution in [-0.4, -0.2) is 35.6 Å². The van der Waals surface area contributed by atoms with Crippen LogP contribution in [0.4, 0.5) is 5.69 Å². The lowest BCUT2D eigenvalue weighted by atomic mass is 9.59. The summed E-state index contributed by atoms with van der Waals surface area (Å²) in [6, 6.07) is 11.9. The maximum atomic E-state index is 13.9. The molecule has 6 rings (SSSR count). The van der Waals surface area contributed by atoms with Gasteiger partial charge in [-0.15, -0.1) is 0 Å². The number of rotatable bonds is 3. The highest BCUT2D eigenvalue weighted by Crippen LogP contribution is 2.56. The largest absolute Gasteiger partial charge is 0.507 e. The van der Waals surface area contributed by atoms with Crippen LogP contribution in [0.2, 0.25) is 0 Å². The quantitative estimate of drug-likeness (QED) is 0.321. The number of benzene rings is 2. The number of carbonyl (C=O) groups excluding carboxylic acids is 4. The molecule has 0 saturated carbocycles. The number of carbonyl (C=O) groups is 4. The maximum absolute atomic E-state index is 13.9. The van der Waals surface area contributed by atoms with Gasteiger partial charge in [0.15, 0.2) is 11.6 Å². The van der Waals surface area contributed by atoms with E-state index in [1.165, 1.54) is 24.2 Å². The van der Waals surface area contributed by atoms with Gasteiger partial charge in [0.25, 0.3) is 0 Å². The summed E-state index contributed by atoms with van der Waals surface area (Å²) in [5.74, 6) is -3.08. The summed E-state index contributed by atoms with van der Waals surface area (Å²) in [5.41, 5.74) is 2.80. The number of methoxy groups -OCH3 is 1. The molecular formula is C30H24BrNO6. The molecule has 1 fully saturated rings. The van der Waals surface area contributed by atoms with E-state index < -0.39 is 23.7 Å². The number of aromatic hydroxyl groups is 1. The summed E-state index contributed by atoms with van der Waals surface area (Å²) in [5, 5.41) is 11.0. The third-order valence-corrected chi connectivity index (χ3v) is 8.72. The highest BCUT2D eigenvalue weighted by atomic mass is 79.9. The number of halogens is 1. The average Bonchev–Trinajstić information content (AvgIpc) is 3.16. The first-order chi connectivity index (χ1) is 18.2. The number of allylic oxidation sites excluding steroid dienone is 6. The molecule has 2 aromatic carbocycles. The minimum atomic E-state index is -0.707. The van der Waals surface area contributed by atoms with Crippen LogP contribution in [0, 0.1) is 17.8 Å². The van der Waals surface area contributed by atoms with E-state index in [4.69, 9.17) is 4.74 Å². The summed E-state index contributed by atoms with van der Waals surface area (Å²) in [6.07, 6.45) is 3.81. The lowest BCUT2D eigenvalue weighted by Gasteiger charge is -2.42. The molecule has 1 aliphatic heterocycles. The van der Waals surface area contributed by atoms with Gasteiger partial charge >= 0.3 is 0 Å². The third kappa shape index (κ3) is 3.54. The average molecular weight is 574 g/mol. The molecule has 0 bridgehead atoms. The highest BCUT2D eigenvalue weighted by molar-refractivity contribution is 9.10. The van der Waals surface area contributed by atoms with E-state index in [0.29, 0.717) is 40.1 Å². The van der Waals surface area contributed by atoms with Gasteiger partial charge in [0, 0.05) is 38.7 Å². The van der Waals surface area contributed by atoms with Gasteiger partial charge in [-0.25, -0.2) is 0 Å². The van der Waals surface area contributed by atoms with Crippen molar-refractivity contribution < 1.29 is 29.0 Å². The summed E-state index contributed by atoms with van der Waals surface area (Å²) < 4.78 is 6.07. The molecule has 4 atom stereocenters. The number of phenols is 1. The number of anilines is 1. The molecular weight excluding hydrogens is 550 g/mol. The first-order valence-electron chi connectivity index (χ1n) is 12.4. The van der Waals surface area contributed by atoms with Crippen LogP contribution in [-0.2, 0) is 19.2 Å². The van der Waals surface area contributed by atoms with Crippen molar-refractivity contribution in [2.45, 2.75) is 25.7 Å². The number of hydrogen-bond donors (Lipinski definition) is 1. The number of ether oxygens (including phenoxy) is 1. The van der Waals surface area contributed by atoms with Gasteiger partial charge in [-0.1, -0.05) is 33.6 Å². The number of phenolic OH excluding ortho intramolecular Hbond substituents is 1. The van der Waals surface area contributed by atoms with Crippen molar-refractivity contribution in [3.05, 3.63) is 86.9 Å². The smallest absolute Gasteiger partial charge is 0.238 e. The van der Waals surface area contributed by atoms with Crippen molar-refractivity contribution in [1.82, 2.24) is 0 Å². The van der Waals surface area contributed by atoms with Gasteiger partial charge in [0.2, 0.25) is 11.8 Å². The Balaban J connectivity index is 1.49. The Bertz CT molecular complexity index is 1530. The monoisotopic (exact) mass is 573 g/mol. The normalized spacial score (nSPS) is 26.6. The van der Waals surface area contributed by atoms with Crippen molar-refractivity contribution in [2.75, 3.05) is 12.0 Å². The molecule has 2 amide bonds. The predicted octanol–water partition coefficient (Wildman–Crippen LogP) is 4.80. The predicted molar refractivity (Wildman–Crippen MR) is 143 cm³/mol. The maximum Gasteiger partial charge on any atom is 0.238 e. The van der Waals surface area contributed by atoms with Crippen LogP contribution in [0.1, 0.15) is 31.2 Å². The Morgan fingerprint density at radius 2 is 1.74 bits per heavy atom. The van der Waals surface area contributed by atoms with E-state index in [2.05, 4.69) is 15.9 Å². The zero-order chi connectivity index (χ0) is 26.9. The minimum Gasteiger partial charge on any atom is -0.507 e. The molecule has 0 spiro atoms. The fourth-order valence-corrected chi connectivity index (χ4v) is 6.74. The van der Waals surface area contributed by atoms with E-state index in [1.807, 2.05) is 6.08 Å². The van der Waals surface area contributed by atoms with Crippen LogP contribution in [0.15, 0.2) is 81.4 Å². The molecule has 1 N–H and O–H groups in total. The first kappa shape index (κ1) is 24.6. The van der Waals surface area contributed by atoms with Gasteiger partial charge in [-0.05, 0) is 62.1 Å². The molecule has 0 radical (unpaired) electrons. The SMILES string of the molecule is COc1ccc([C@H]2C3=CC[C@@H]4C(=O)N(c5ccc(Br)cc5)C(=O)[C@@H]4[C@@H]3CC3=C2C(=O)C=C(C)C3=O)c(O)c1. The number of nitrogens with zero attached hydrogens (tertiary/aromatic N) is 1. The zero-order valence-electron chi connectivity index (χ0n) is 20.7. The van der Waals surface area contributed by atoms with Crippen LogP contribution in [0.25, 0.3) is 0 Å². The fraction of sp³-hybridized carbons (Fsp3) is 0.267. The lowest BCUT2D eigenvalue weighted by molar-refractivity contribution is -0.123. The van der Waals surface area contributed by atoms with Crippen molar-refractivity contribution in [1.29, 1.82) is 0 Å². The standard InChI is InChI=1S/C30H24BrNO6/c1-14-11-24(34)27-22(28(14)35)13-21-18(25(27)19-8-7-17(38-2)12-23(19)33)9-10-20-26(21)30(37)32(29(20)36)16-5-3-15(31)4-6-16/h3-9,11-12,20-21,25-26,33H,10,13H2,1-2H3/t20-,21+,25+,26-/m0/s1. The Morgan fingerprint density at radius 3 is 2.42 bits per heavy atom. The molecule has 1 saturated heterocycles. The highest BCUT2D eigenvalue weighted by Gasteiger charge is 2.56. The fourth-order valence-electron chi connectivity index (χ4n) is 6.48. The molecule has 0 aromatic heterocycles. The molecule has 3 aliphatic carbocycles. The van der Waals surface area contributed by atoms with E-state index in [1.54, 1.807) is 43.3 Å². The van der Waals surface area contributed by atoms with Crippen LogP contribution >= 0.6 is 15.9 Å². The Morgan fingerprint density at radius 1 is 1.00 bits per heavy atom. The van der Waals surface area contributed by atoms with E-state index in [0.717, 1.165) is 10.0 Å². The Hall–Kier alpha value is -3.78. The molecule has 8 heteroatoms. The molecule has 38 heavy (non-hydrogen) atoms. The molecule has 1 heterocycles. The Kier molecular flexibility index (Phi) is 5.76. The van der Waals surface area contributed by atoms with Gasteiger partial charge in [0.1, 0.15) is 11.5 Å². The molecule has 7 nitrogen and oxygen atoms in total. The van der Waals surface area contributed by atoms with Crippen LogP contribution < -0.4 is 9.64 Å². The second kappa shape index (κ2) is 8.91. The molecule has 192 valence electrons. The second-order valence-corrected chi connectivity index (χ2v) is 11.1. The summed E-state index contributed by atoms with van der Waals surface area (Å²) >= 11 is 3.39. The molecule has 4 aliphatic rings. The van der Waals surface area contributed by atoms with Gasteiger partial charge in [-0.3, -0.25) is 24.1 Å². The number of ketones is 2. The number of fused-ring (bicyclic) bond motifs is 3. The molecule has 0 unspecified atom stereocenters. The topological polar surface area (TPSA) is 101 Å². The van der Waals surface area contributed by atoms with Crippen LogP contribution in [0.5, 0.6) is 11.5 Å². The van der Waals surface area contributed by atoms with Crippen molar-refractivity contribution in [3.8, 4) is 11.5 Å². The minimum absolute atomic E-state index is 0.0679. The zero-order valence-corrected chi connectivity index (χ0v) is 22.3. The molecule has 2 aromatic rings. The number of Topliss-reactive ketones (excluding diaryl/α,β-unsaturated/α-hetero) is 1. The van der Waals surface area contributed by atoms with Gasteiger partial charge in [0.05, 0.1) is 24.6 Å². The van der Waals surface area contributed by atoms with Crippen molar-refractivity contribution >= 4 is 45.0 Å². The first-order valence-corrected chi connectivity index (χ1v) is 13.2. The number of hydrogen-bond acceptors (Lipinski definition) is 6. The summed E-state index contributed by atoms with van der Waals surface area (Å²) in [7, 11) is 1.49. The summed E-state index contributed by atoms with van der Waals surface area (Å²) in [4.78, 5) is 55.3. The van der Waals surface area contributed by atoms with Gasteiger partial charge < -0.3 is 9.84 Å². The van der Waals surface area contributed by atoms with E-state index >= 15 is 0 Å². The second-order valence-electron chi connectivity index (χ2n) is 10.1. The van der Waals surface area contributed by atoms with Crippen molar-refractivity contribution in [2.24, 2.45) is 17.8 Å². The van der Waals surface area contributed by atoms with Crippen molar-refractivity contribution in [3.63, 3.8) is 0 Å². The van der Waals surface area contributed by atoms with E-state index in [-0.39, 0.29) is 35.6 Å². The Labute approximate surface area is 227 Å². The van der Waals surface area contributed by atoms with Crippen LogP contribution in [0.3, 0.4) is 0 Å². The third-order valence-electron chi connectivity index (χ3n) is 8.20. The number of imide groups is 1. The number of amides is 2. The lowest BCUT2D eigenvalue weighted by Crippen LogP contribution is -2.39. The van der Waals surface area contributed by atoms with Gasteiger partial charge in [-0.2, -0.15) is 0 Å². The van der Waals surface area contributed by atoms with E-state index in [9.17, 15) is 24.3 Å².